The molecule has 0 aliphatic heterocycles. The number of benzene rings is 2. The molecule has 1 unspecified atom stereocenters. The van der Waals surface area contributed by atoms with Crippen LogP contribution in [0.15, 0.2) is 53.7 Å². The Balaban J connectivity index is 1.72. The van der Waals surface area contributed by atoms with Gasteiger partial charge in [-0.15, -0.1) is 10.2 Å². The monoisotopic (exact) mass is 472 g/mol. The summed E-state index contributed by atoms with van der Waals surface area (Å²) >= 11 is 1.34. The van der Waals surface area contributed by atoms with Crippen LogP contribution in [0.3, 0.4) is 0 Å². The van der Waals surface area contributed by atoms with Crippen molar-refractivity contribution in [1.82, 2.24) is 14.8 Å². The van der Waals surface area contributed by atoms with Crippen LogP contribution in [0.4, 0.5) is 5.69 Å². The Hall–Kier alpha value is -2.65. The number of hydrogen-bond donors (Lipinski definition) is 1. The fourth-order valence-electron chi connectivity index (χ4n) is 3.15. The number of ketones is 1. The summed E-state index contributed by atoms with van der Waals surface area (Å²) in [5, 5.41) is 8.87. The number of anilines is 1. The van der Waals surface area contributed by atoms with Crippen molar-refractivity contribution in [2.75, 3.05) is 11.0 Å². The summed E-state index contributed by atoms with van der Waals surface area (Å²) in [5.41, 5.74) is 3.21. The molecule has 0 amide bonds. The predicted molar refractivity (Wildman–Crippen MR) is 130 cm³/mol. The van der Waals surface area contributed by atoms with Gasteiger partial charge in [-0.05, 0) is 42.2 Å². The molecule has 7 nitrogen and oxygen atoms in total. The fraction of sp³-hybridized carbons (Fsp3) is 0.348. The number of hydrogen-bond acceptors (Lipinski definition) is 6. The van der Waals surface area contributed by atoms with Crippen molar-refractivity contribution in [3.05, 3.63) is 59.7 Å². The van der Waals surface area contributed by atoms with Crippen molar-refractivity contribution in [3.8, 4) is 11.4 Å². The van der Waals surface area contributed by atoms with Crippen molar-refractivity contribution in [3.63, 3.8) is 0 Å². The fourth-order valence-corrected chi connectivity index (χ4v) is 4.61. The third-order valence-electron chi connectivity index (χ3n) is 4.97. The number of sulfonamides is 1. The molecule has 2 aromatic carbocycles. The Kier molecular flexibility index (Phi) is 6.80. The Morgan fingerprint density at radius 2 is 1.62 bits per heavy atom. The first kappa shape index (κ1) is 24.0. The van der Waals surface area contributed by atoms with E-state index in [1.54, 1.807) is 24.3 Å². The minimum absolute atomic E-state index is 0.0695. The smallest absolute Gasteiger partial charge is 0.229 e. The highest BCUT2D eigenvalue weighted by atomic mass is 32.2. The van der Waals surface area contributed by atoms with Crippen molar-refractivity contribution < 1.29 is 13.2 Å². The number of aromatic nitrogens is 3. The average molecular weight is 473 g/mol. The summed E-state index contributed by atoms with van der Waals surface area (Å²) in [7, 11) is -1.47. The van der Waals surface area contributed by atoms with Gasteiger partial charge in [0, 0.05) is 23.9 Å². The summed E-state index contributed by atoms with van der Waals surface area (Å²) < 4.78 is 26.9. The van der Waals surface area contributed by atoms with Gasteiger partial charge in [0.1, 0.15) is 0 Å². The highest BCUT2D eigenvalue weighted by molar-refractivity contribution is 8.00. The number of carbonyl (C=O) groups excluding carboxylic acids is 1. The molecule has 0 aliphatic carbocycles. The molecule has 0 aliphatic rings. The minimum atomic E-state index is -3.36. The van der Waals surface area contributed by atoms with Gasteiger partial charge in [0.15, 0.2) is 16.8 Å². The SMILES string of the molecule is CC(Sc1nnc(-c2ccc(C(C)(C)C)cc2)n1C)C(=O)c1ccc(NS(C)(=O)=O)cc1. The molecule has 0 spiro atoms. The predicted octanol–water partition coefficient (Wildman–Crippen LogP) is 4.51. The summed E-state index contributed by atoms with van der Waals surface area (Å²) in [5.74, 6) is 0.670. The minimum Gasteiger partial charge on any atom is -0.305 e. The third-order valence-corrected chi connectivity index (χ3v) is 6.71. The van der Waals surface area contributed by atoms with E-state index in [2.05, 4.69) is 47.8 Å². The Bertz CT molecular complexity index is 1210. The topological polar surface area (TPSA) is 93.9 Å². The summed E-state index contributed by atoms with van der Waals surface area (Å²) in [6.07, 6.45) is 1.08. The third kappa shape index (κ3) is 5.77. The maximum atomic E-state index is 12.8. The number of thioether (sulfide) groups is 1. The van der Waals surface area contributed by atoms with Gasteiger partial charge in [-0.1, -0.05) is 56.8 Å². The van der Waals surface area contributed by atoms with Gasteiger partial charge >= 0.3 is 0 Å². The molecule has 1 N–H and O–H groups in total. The number of nitrogens with zero attached hydrogens (tertiary/aromatic N) is 3. The maximum absolute atomic E-state index is 12.8. The van der Waals surface area contributed by atoms with Crippen molar-refractivity contribution in [2.45, 2.75) is 43.5 Å². The first-order valence-corrected chi connectivity index (χ1v) is 12.9. The second-order valence-electron chi connectivity index (χ2n) is 8.77. The molecule has 1 atom stereocenters. The van der Waals surface area contributed by atoms with E-state index in [1.165, 1.54) is 17.3 Å². The van der Waals surface area contributed by atoms with E-state index >= 15 is 0 Å². The van der Waals surface area contributed by atoms with Crippen LogP contribution in [0.2, 0.25) is 0 Å². The molecule has 1 aromatic heterocycles. The lowest BCUT2D eigenvalue weighted by Crippen LogP contribution is -2.15. The van der Waals surface area contributed by atoms with Crippen LogP contribution in [0, 0.1) is 0 Å². The largest absolute Gasteiger partial charge is 0.305 e. The second kappa shape index (κ2) is 9.07. The van der Waals surface area contributed by atoms with Crippen molar-refractivity contribution in [2.24, 2.45) is 7.05 Å². The highest BCUT2D eigenvalue weighted by Crippen LogP contribution is 2.29. The van der Waals surface area contributed by atoms with E-state index in [4.69, 9.17) is 0 Å². The lowest BCUT2D eigenvalue weighted by Gasteiger charge is -2.19. The lowest BCUT2D eigenvalue weighted by atomic mass is 9.87. The van der Waals surface area contributed by atoms with Crippen molar-refractivity contribution in [1.29, 1.82) is 0 Å². The van der Waals surface area contributed by atoms with Crippen LogP contribution in [0.5, 0.6) is 0 Å². The van der Waals surface area contributed by atoms with Crippen molar-refractivity contribution >= 4 is 33.3 Å². The molecule has 0 bridgehead atoms. The Morgan fingerprint density at radius 3 is 2.16 bits per heavy atom. The number of Topliss-reactive ketones (excluding diaryl/α,β-unsaturated/α-hetero) is 1. The van der Waals surface area contributed by atoms with Crippen LogP contribution in [0.1, 0.15) is 43.6 Å². The zero-order chi connectivity index (χ0) is 23.7. The average Bonchev–Trinajstić information content (AvgIpc) is 3.06. The van der Waals surface area contributed by atoms with Gasteiger partial charge in [0.05, 0.1) is 11.5 Å². The van der Waals surface area contributed by atoms with E-state index < -0.39 is 10.0 Å². The molecule has 0 radical (unpaired) electrons. The van der Waals surface area contributed by atoms with E-state index in [0.29, 0.717) is 16.4 Å². The van der Waals surface area contributed by atoms with Crippen LogP contribution in [-0.4, -0.2) is 40.5 Å². The van der Waals surface area contributed by atoms with Crippen LogP contribution < -0.4 is 4.72 Å². The molecule has 170 valence electrons. The molecule has 1 heterocycles. The highest BCUT2D eigenvalue weighted by Gasteiger charge is 2.21. The zero-order valence-electron chi connectivity index (χ0n) is 19.1. The van der Waals surface area contributed by atoms with Gasteiger partial charge in [-0.25, -0.2) is 8.42 Å². The number of carbonyl (C=O) groups is 1. The summed E-state index contributed by atoms with van der Waals surface area (Å²) in [4.78, 5) is 12.8. The molecule has 0 saturated heterocycles. The molecule has 9 heteroatoms. The van der Waals surface area contributed by atoms with Gasteiger partial charge in [-0.3, -0.25) is 9.52 Å². The molecular formula is C23H28N4O3S2. The van der Waals surface area contributed by atoms with Crippen LogP contribution >= 0.6 is 11.8 Å². The van der Waals surface area contributed by atoms with E-state index in [0.717, 1.165) is 17.6 Å². The van der Waals surface area contributed by atoms with Gasteiger partial charge in [0.2, 0.25) is 10.0 Å². The summed E-state index contributed by atoms with van der Waals surface area (Å²) in [6, 6.07) is 14.7. The van der Waals surface area contributed by atoms with E-state index in [9.17, 15) is 13.2 Å². The van der Waals surface area contributed by atoms with Gasteiger partial charge in [-0.2, -0.15) is 0 Å². The second-order valence-corrected chi connectivity index (χ2v) is 11.8. The molecule has 0 fully saturated rings. The van der Waals surface area contributed by atoms with Crippen LogP contribution in [0.25, 0.3) is 11.4 Å². The Labute approximate surface area is 193 Å². The van der Waals surface area contributed by atoms with E-state index in [1.807, 2.05) is 30.7 Å². The number of rotatable bonds is 7. The lowest BCUT2D eigenvalue weighted by molar-refractivity contribution is 0.0994. The van der Waals surface area contributed by atoms with Gasteiger partial charge < -0.3 is 4.57 Å². The summed E-state index contributed by atoms with van der Waals surface area (Å²) in [6.45, 7) is 8.34. The number of nitrogens with one attached hydrogen (secondary N) is 1. The molecule has 32 heavy (non-hydrogen) atoms. The first-order valence-electron chi connectivity index (χ1n) is 10.1. The van der Waals surface area contributed by atoms with E-state index in [-0.39, 0.29) is 16.4 Å². The quantitative estimate of drug-likeness (QED) is 0.401. The standard InChI is InChI=1S/C23H28N4O3S2/c1-15(20(28)16-9-13-19(14-10-16)26-32(6,29)30)31-22-25-24-21(27(22)5)17-7-11-18(12-8-17)23(2,3)4/h7-15,26H,1-6H3. The molecule has 3 rings (SSSR count). The zero-order valence-corrected chi connectivity index (χ0v) is 20.7. The van der Waals surface area contributed by atoms with Crippen LogP contribution in [-0.2, 0) is 22.5 Å². The molecular weight excluding hydrogens is 444 g/mol. The normalized spacial score (nSPS) is 13.1. The van der Waals surface area contributed by atoms with Gasteiger partial charge in [0.25, 0.3) is 0 Å². The molecule has 0 saturated carbocycles. The first-order chi connectivity index (χ1) is 14.8. The molecule has 3 aromatic rings. The Morgan fingerprint density at radius 1 is 1.03 bits per heavy atom. The maximum Gasteiger partial charge on any atom is 0.229 e.